The highest BCUT2D eigenvalue weighted by atomic mass is 32.1. The molecule has 18 aromatic carbocycles. The zero-order valence-electron chi connectivity index (χ0n) is 58.3. The maximum atomic E-state index is 7.24. The van der Waals surface area contributed by atoms with Gasteiger partial charge in [-0.05, 0) is 124 Å². The molecule has 8 aromatic heterocycles. The van der Waals surface area contributed by atoms with Gasteiger partial charge in [-0.15, -0.1) is 34.0 Å². The summed E-state index contributed by atoms with van der Waals surface area (Å²) in [5.41, 5.74) is 11.5. The van der Waals surface area contributed by atoms with Gasteiger partial charge in [-0.25, -0.2) is 15.0 Å². The first-order valence-electron chi connectivity index (χ1n) is 37.2. The molecule has 0 atom stereocenters. The van der Waals surface area contributed by atoms with Crippen molar-refractivity contribution in [3.8, 4) is 45.5 Å². The topological polar surface area (TPSA) is 74.6 Å². The Bertz CT molecular complexity index is 8670. The van der Waals surface area contributed by atoms with Crippen molar-refractivity contribution in [1.29, 1.82) is 0 Å². The van der Waals surface area contributed by atoms with Gasteiger partial charge in [0.15, 0.2) is 0 Å². The van der Waals surface area contributed by atoms with E-state index in [4.69, 9.17) is 24.4 Å². The maximum Gasteiger partial charge on any atom is 0.238 e. The predicted octanol–water partition coefficient (Wildman–Crippen LogP) is 28.7. The number of hydrogen-bond acceptors (Lipinski definition) is 8. The molecule has 0 aliphatic carbocycles. The zero-order chi connectivity index (χ0) is 71.3. The molecule has 506 valence electrons. The molecule has 0 spiro atoms. The van der Waals surface area contributed by atoms with Crippen LogP contribution in [-0.2, 0) is 0 Å². The molecule has 26 rings (SSSR count). The Morgan fingerprint density at radius 2 is 0.645 bits per heavy atom. The van der Waals surface area contributed by atoms with Crippen LogP contribution in [0.25, 0.3) is 258 Å². The zero-order valence-corrected chi connectivity index (χ0v) is 60.8. The van der Waals surface area contributed by atoms with Crippen molar-refractivity contribution in [1.82, 2.24) is 29.1 Å². The first-order valence-corrected chi connectivity index (χ1v) is 39.7. The van der Waals surface area contributed by atoms with Crippen molar-refractivity contribution < 1.29 is 4.42 Å². The van der Waals surface area contributed by atoms with Crippen molar-refractivity contribution in [2.45, 2.75) is 0 Å². The number of fused-ring (bicyclic) bond motifs is 36. The van der Waals surface area contributed by atoms with Gasteiger partial charge in [0.1, 0.15) is 10.4 Å². The van der Waals surface area contributed by atoms with Gasteiger partial charge >= 0.3 is 0 Å². The molecule has 0 bridgehead atoms. The normalized spacial score (nSPS) is 12.5. The monoisotopic (exact) mass is 1450 g/mol. The summed E-state index contributed by atoms with van der Waals surface area (Å²) in [6, 6.07) is 116. The Kier molecular flexibility index (Phi) is 11.9. The molecular weight excluding hydrogens is 1400 g/mol. The number of nitrogens with zero attached hydrogens (tertiary/aromatic N) is 6. The molecule has 0 aliphatic heterocycles. The number of thiophene rings is 3. The van der Waals surface area contributed by atoms with E-state index in [-0.39, 0.29) is 0 Å². The summed E-state index contributed by atoms with van der Waals surface area (Å²) >= 11 is 5.40. The lowest BCUT2D eigenvalue weighted by Crippen LogP contribution is -2.03. The molecule has 0 amide bonds. The third-order valence-corrected chi connectivity index (χ3v) is 27.2. The lowest BCUT2D eigenvalue weighted by Gasteiger charge is -2.14. The van der Waals surface area contributed by atoms with Crippen LogP contribution < -0.4 is 0 Å². The molecule has 10 heteroatoms. The van der Waals surface area contributed by atoms with E-state index in [0.717, 1.165) is 135 Å². The summed E-state index contributed by atoms with van der Waals surface area (Å²) < 4.78 is 18.0. The molecule has 110 heavy (non-hydrogen) atoms. The van der Waals surface area contributed by atoms with Crippen LogP contribution in [0.1, 0.15) is 0 Å². The summed E-state index contributed by atoms with van der Waals surface area (Å²) in [5, 5.41) is 32.5. The van der Waals surface area contributed by atoms with Gasteiger partial charge in [-0.2, -0.15) is 4.98 Å². The molecule has 0 unspecified atom stereocenters. The highest BCUT2D eigenvalue weighted by molar-refractivity contribution is 7.27. The summed E-state index contributed by atoms with van der Waals surface area (Å²) in [6.07, 6.45) is 0. The minimum Gasteiger partial charge on any atom is -0.437 e. The fraction of sp³-hybridized carbons (Fsp3) is 0. The molecule has 0 radical (unpaired) electrons. The van der Waals surface area contributed by atoms with E-state index in [0.29, 0.717) is 17.6 Å². The molecule has 7 nitrogen and oxygen atoms in total. The Morgan fingerprint density at radius 1 is 0.245 bits per heavy atom. The molecule has 26 aromatic rings. The average molecular weight is 1450 g/mol. The smallest absolute Gasteiger partial charge is 0.238 e. The molecular formula is C100H52N6OS3. The van der Waals surface area contributed by atoms with E-state index in [1.165, 1.54) is 105 Å². The second-order valence-electron chi connectivity index (χ2n) is 29.3. The fourth-order valence-corrected chi connectivity index (χ4v) is 22.6. The molecule has 0 N–H and O–H groups in total. The maximum absolute atomic E-state index is 7.24. The summed E-state index contributed by atoms with van der Waals surface area (Å²) in [6.45, 7) is 0. The predicted molar refractivity (Wildman–Crippen MR) is 469 cm³/mol. The van der Waals surface area contributed by atoms with E-state index in [2.05, 4.69) is 325 Å². The minimum atomic E-state index is 0.522. The number of hydrogen-bond donors (Lipinski definition) is 0. The molecule has 0 fully saturated rings. The van der Waals surface area contributed by atoms with Gasteiger partial charge in [-0.3, -0.25) is 9.13 Å². The lowest BCUT2D eigenvalue weighted by atomic mass is 9.89. The van der Waals surface area contributed by atoms with Crippen molar-refractivity contribution in [3.05, 3.63) is 315 Å². The first-order chi connectivity index (χ1) is 54.6. The van der Waals surface area contributed by atoms with Gasteiger partial charge in [0.05, 0.1) is 38.8 Å². The van der Waals surface area contributed by atoms with Crippen LogP contribution in [-0.4, -0.2) is 29.1 Å². The van der Waals surface area contributed by atoms with Crippen LogP contribution in [0.3, 0.4) is 0 Å². The number of benzene rings is 18. The largest absolute Gasteiger partial charge is 0.437 e. The fourth-order valence-electron chi connectivity index (χ4n) is 19.1. The third kappa shape index (κ3) is 7.99. The summed E-state index contributed by atoms with van der Waals surface area (Å²) in [5.74, 6) is 1.18. The average Bonchev–Trinajstić information content (AvgIpc) is 1.45. The molecule has 8 heterocycles. The SMILES string of the molecule is c1ccc2c(c1)ccc1c3c4c5ccccc5c5ccccc5c4ccc3n(-c3nc(-c4cccc5c4sc4ccccc45)c4c(n3)oc3ccc(-c5ccc6c(c5)c5ccccc5c5ccc7c(c8ccc9ccccc9c8n7-c7nc(-c8cccc9c8sc8ccccc89)c8c(n7)sc7ccccc78)c56)cc34)c21. The van der Waals surface area contributed by atoms with Crippen LogP contribution in [0, 0.1) is 0 Å². The van der Waals surface area contributed by atoms with Crippen LogP contribution >= 0.6 is 34.0 Å². The third-order valence-electron chi connectivity index (χ3n) is 23.7. The molecule has 0 saturated heterocycles. The van der Waals surface area contributed by atoms with Gasteiger partial charge < -0.3 is 4.42 Å². The van der Waals surface area contributed by atoms with E-state index >= 15 is 0 Å². The van der Waals surface area contributed by atoms with E-state index in [1.54, 1.807) is 11.3 Å². The molecule has 0 saturated carbocycles. The van der Waals surface area contributed by atoms with Crippen molar-refractivity contribution >= 4 is 247 Å². The second-order valence-corrected chi connectivity index (χ2v) is 32.4. The Hall–Kier alpha value is -13.7. The first kappa shape index (κ1) is 59.4. The highest BCUT2D eigenvalue weighted by Crippen LogP contribution is 2.52. The van der Waals surface area contributed by atoms with Crippen LogP contribution in [0.5, 0.6) is 0 Å². The minimum absolute atomic E-state index is 0.522. The van der Waals surface area contributed by atoms with E-state index < -0.39 is 0 Å². The van der Waals surface area contributed by atoms with Crippen molar-refractivity contribution in [2.24, 2.45) is 0 Å². The van der Waals surface area contributed by atoms with E-state index in [9.17, 15) is 0 Å². The summed E-state index contributed by atoms with van der Waals surface area (Å²) in [7, 11) is 0. The van der Waals surface area contributed by atoms with Crippen LogP contribution in [0.4, 0.5) is 0 Å². The lowest BCUT2D eigenvalue weighted by molar-refractivity contribution is 0.651. The van der Waals surface area contributed by atoms with Gasteiger partial charge in [-0.1, -0.05) is 267 Å². The summed E-state index contributed by atoms with van der Waals surface area (Å²) in [4.78, 5) is 24.3. The van der Waals surface area contributed by atoms with E-state index in [1.807, 2.05) is 22.7 Å². The quantitative estimate of drug-likeness (QED) is 0.161. The Labute approximate surface area is 636 Å². The number of rotatable bonds is 5. The Morgan fingerprint density at radius 3 is 1.21 bits per heavy atom. The van der Waals surface area contributed by atoms with Gasteiger partial charge in [0.2, 0.25) is 17.6 Å². The molecule has 0 aliphatic rings. The van der Waals surface area contributed by atoms with Crippen LogP contribution in [0.2, 0.25) is 0 Å². The van der Waals surface area contributed by atoms with Gasteiger partial charge in [0.25, 0.3) is 0 Å². The number of furan rings is 1. The van der Waals surface area contributed by atoms with Gasteiger partial charge in [0, 0.05) is 115 Å². The van der Waals surface area contributed by atoms with Crippen molar-refractivity contribution in [3.63, 3.8) is 0 Å². The van der Waals surface area contributed by atoms with Crippen LogP contribution in [0.15, 0.2) is 320 Å². The highest BCUT2D eigenvalue weighted by Gasteiger charge is 2.29. The van der Waals surface area contributed by atoms with Crippen molar-refractivity contribution in [2.75, 3.05) is 0 Å². The second kappa shape index (κ2) is 22.0. The standard InChI is InChI=1S/C100H52N6OS3/c1-3-21-57-53(19-1)39-44-73-87-79(48-46-67-61-25-6-5-23-59(61)60-24-9-10-30-66(60)85(67)87)105(93(57)73)99-101-91(75-34-17-32-70-64-28-11-14-36-82(64)108-95(70)75)89-78-52-56(42-50-81(78)107-97(89)103-99)55-41-43-69-77(51-55)63-27-8-7-26-62(63)68-47-49-80-88(86(68)69)74-45-40-54-20-2-4-22-58(54)94(74)106(80)100-102-92(90-72-31-13-16-38-84(72)110-98(90)104-100)76-35-18-33-71-65-29-12-15-37-83(65)109-96(71)76/h1-52H. The Balaban J connectivity index is 0.716. The number of aromatic nitrogens is 6.